The van der Waals surface area contributed by atoms with E-state index in [0.717, 1.165) is 25.9 Å². The lowest BCUT2D eigenvalue weighted by Gasteiger charge is -2.33. The van der Waals surface area contributed by atoms with E-state index in [1.165, 1.54) is 16.7 Å². The van der Waals surface area contributed by atoms with Crippen LogP contribution >= 0.6 is 11.8 Å². The molecule has 40 heavy (non-hydrogen) atoms. The van der Waals surface area contributed by atoms with Gasteiger partial charge in [-0.25, -0.2) is 8.42 Å². The average molecular weight is 582 g/mol. The molecule has 0 bridgehead atoms. The SMILES string of the molecule is CSc1ccc(S(=O)(=O)N(CC(=O)N(Cc2cccc(C)c2)[C@@H](C)C(=O)NC(C)(C)C)c2ccc(C)cc2)cc1. The van der Waals surface area contributed by atoms with Crippen LogP contribution in [-0.4, -0.2) is 49.5 Å². The molecule has 0 unspecified atom stereocenters. The summed E-state index contributed by atoms with van der Waals surface area (Å²) in [6.07, 6.45) is 1.92. The van der Waals surface area contributed by atoms with Gasteiger partial charge in [0.1, 0.15) is 12.6 Å². The van der Waals surface area contributed by atoms with Crippen molar-refractivity contribution >= 4 is 39.3 Å². The van der Waals surface area contributed by atoms with Crippen molar-refractivity contribution in [1.29, 1.82) is 0 Å². The number of nitrogens with zero attached hydrogens (tertiary/aromatic N) is 2. The number of anilines is 1. The number of thioether (sulfide) groups is 1. The molecule has 2 amide bonds. The summed E-state index contributed by atoms with van der Waals surface area (Å²) in [5.41, 5.74) is 2.71. The number of aryl methyl sites for hydroxylation is 2. The fourth-order valence-electron chi connectivity index (χ4n) is 4.18. The second-order valence-corrected chi connectivity index (χ2v) is 13.7. The third kappa shape index (κ3) is 8.11. The highest BCUT2D eigenvalue weighted by Gasteiger charge is 2.33. The fourth-order valence-corrected chi connectivity index (χ4v) is 6.00. The molecule has 9 heteroatoms. The Morgan fingerprint density at radius 2 is 1.55 bits per heavy atom. The largest absolute Gasteiger partial charge is 0.350 e. The molecule has 0 fully saturated rings. The number of hydrogen-bond acceptors (Lipinski definition) is 5. The topological polar surface area (TPSA) is 86.8 Å². The highest BCUT2D eigenvalue weighted by Crippen LogP contribution is 2.26. The molecule has 0 spiro atoms. The van der Waals surface area contributed by atoms with E-state index in [4.69, 9.17) is 0 Å². The van der Waals surface area contributed by atoms with Crippen molar-refractivity contribution in [3.63, 3.8) is 0 Å². The highest BCUT2D eigenvalue weighted by molar-refractivity contribution is 7.98. The zero-order valence-corrected chi connectivity index (χ0v) is 25.9. The number of carbonyl (C=O) groups excluding carboxylic acids is 2. The molecule has 0 saturated carbocycles. The smallest absolute Gasteiger partial charge is 0.264 e. The first-order valence-corrected chi connectivity index (χ1v) is 15.8. The maximum atomic E-state index is 14.0. The Labute approximate surface area is 243 Å². The van der Waals surface area contributed by atoms with Crippen LogP contribution < -0.4 is 9.62 Å². The molecule has 3 aromatic carbocycles. The normalized spacial score (nSPS) is 12.5. The molecule has 0 aliphatic rings. The van der Waals surface area contributed by atoms with Gasteiger partial charge in [-0.05, 0) is 89.8 Å². The molecule has 0 heterocycles. The molecule has 0 aromatic heterocycles. The maximum Gasteiger partial charge on any atom is 0.264 e. The monoisotopic (exact) mass is 581 g/mol. The molecular formula is C31H39N3O4S2. The molecule has 3 aromatic rings. The van der Waals surface area contributed by atoms with Crippen molar-refractivity contribution in [2.24, 2.45) is 0 Å². The quantitative estimate of drug-likeness (QED) is 0.317. The molecule has 0 aliphatic carbocycles. The predicted molar refractivity (Wildman–Crippen MR) is 163 cm³/mol. The Morgan fingerprint density at radius 1 is 0.925 bits per heavy atom. The van der Waals surface area contributed by atoms with E-state index >= 15 is 0 Å². The van der Waals surface area contributed by atoms with E-state index in [-0.39, 0.29) is 17.3 Å². The van der Waals surface area contributed by atoms with Crippen molar-refractivity contribution in [2.45, 2.75) is 69.5 Å². The minimum absolute atomic E-state index is 0.0856. The lowest BCUT2D eigenvalue weighted by Crippen LogP contribution is -2.54. The van der Waals surface area contributed by atoms with Gasteiger partial charge < -0.3 is 10.2 Å². The minimum Gasteiger partial charge on any atom is -0.350 e. The molecule has 3 rings (SSSR count). The molecule has 0 radical (unpaired) electrons. The van der Waals surface area contributed by atoms with Crippen LogP contribution in [0.3, 0.4) is 0 Å². The van der Waals surface area contributed by atoms with Crippen LogP contribution in [0.4, 0.5) is 5.69 Å². The Balaban J connectivity index is 2.03. The van der Waals surface area contributed by atoms with Gasteiger partial charge in [-0.2, -0.15) is 0 Å². The predicted octanol–water partition coefficient (Wildman–Crippen LogP) is 5.55. The standard InChI is InChI=1S/C31H39N3O4S2/c1-22-11-13-26(14-12-22)34(40(37,38)28-17-15-27(39-7)16-18-28)21-29(35)33(20-25-10-8-9-23(2)19-25)24(3)30(36)32-31(4,5)6/h8-19,24H,20-21H2,1-7H3,(H,32,36)/t24-/m0/s1. The van der Waals surface area contributed by atoms with Crippen LogP contribution in [0.1, 0.15) is 44.4 Å². The van der Waals surface area contributed by atoms with Crippen LogP contribution in [0.2, 0.25) is 0 Å². The molecule has 0 aliphatic heterocycles. The Kier molecular flexibility index (Phi) is 10.1. The number of nitrogens with one attached hydrogen (secondary N) is 1. The summed E-state index contributed by atoms with van der Waals surface area (Å²) in [5.74, 6) is -0.797. The molecular weight excluding hydrogens is 542 g/mol. The van der Waals surface area contributed by atoms with Crippen molar-refractivity contribution in [3.05, 3.63) is 89.5 Å². The van der Waals surface area contributed by atoms with Crippen molar-refractivity contribution in [3.8, 4) is 0 Å². The van der Waals surface area contributed by atoms with Gasteiger partial charge in [-0.3, -0.25) is 13.9 Å². The first kappa shape index (κ1) is 31.2. The van der Waals surface area contributed by atoms with E-state index in [9.17, 15) is 18.0 Å². The van der Waals surface area contributed by atoms with Crippen molar-refractivity contribution in [1.82, 2.24) is 10.2 Å². The van der Waals surface area contributed by atoms with Gasteiger partial charge in [0, 0.05) is 17.0 Å². The summed E-state index contributed by atoms with van der Waals surface area (Å²) in [4.78, 5) is 29.7. The maximum absolute atomic E-state index is 14.0. The van der Waals surface area contributed by atoms with Crippen LogP contribution in [0.15, 0.2) is 82.6 Å². The summed E-state index contributed by atoms with van der Waals surface area (Å²) in [6, 6.07) is 20.5. The Hall–Kier alpha value is -3.30. The van der Waals surface area contributed by atoms with E-state index < -0.39 is 34.1 Å². The highest BCUT2D eigenvalue weighted by atomic mass is 32.2. The molecule has 0 saturated heterocycles. The molecule has 1 N–H and O–H groups in total. The fraction of sp³-hybridized carbons (Fsp3) is 0.355. The zero-order valence-electron chi connectivity index (χ0n) is 24.3. The molecule has 1 atom stereocenters. The van der Waals surface area contributed by atoms with Gasteiger partial charge in [-0.15, -0.1) is 11.8 Å². The average Bonchev–Trinajstić information content (AvgIpc) is 2.89. The van der Waals surface area contributed by atoms with Gasteiger partial charge in [0.05, 0.1) is 10.6 Å². The minimum atomic E-state index is -4.10. The number of sulfonamides is 1. The number of hydrogen-bond donors (Lipinski definition) is 1. The molecule has 7 nitrogen and oxygen atoms in total. The van der Waals surface area contributed by atoms with Crippen molar-refractivity contribution in [2.75, 3.05) is 17.1 Å². The van der Waals surface area contributed by atoms with Gasteiger partial charge in [0.2, 0.25) is 11.8 Å². The summed E-state index contributed by atoms with van der Waals surface area (Å²) in [5, 5.41) is 2.94. The van der Waals surface area contributed by atoms with Gasteiger partial charge >= 0.3 is 0 Å². The summed E-state index contributed by atoms with van der Waals surface area (Å²) < 4.78 is 29.0. The summed E-state index contributed by atoms with van der Waals surface area (Å²) >= 11 is 1.51. The lowest BCUT2D eigenvalue weighted by atomic mass is 10.1. The summed E-state index contributed by atoms with van der Waals surface area (Å²) in [6.45, 7) is 10.8. The lowest BCUT2D eigenvalue weighted by molar-refractivity contribution is -0.140. The first-order chi connectivity index (χ1) is 18.7. The number of rotatable bonds is 10. The van der Waals surface area contributed by atoms with Gasteiger partial charge in [-0.1, -0.05) is 47.5 Å². The second kappa shape index (κ2) is 12.9. The second-order valence-electron chi connectivity index (χ2n) is 10.9. The van der Waals surface area contributed by atoms with Crippen LogP contribution in [0, 0.1) is 13.8 Å². The zero-order chi connectivity index (χ0) is 29.7. The summed E-state index contributed by atoms with van der Waals surface area (Å²) in [7, 11) is -4.10. The third-order valence-electron chi connectivity index (χ3n) is 6.35. The Morgan fingerprint density at radius 3 is 2.10 bits per heavy atom. The van der Waals surface area contributed by atoms with Crippen LogP contribution in [-0.2, 0) is 26.2 Å². The van der Waals surface area contributed by atoms with Gasteiger partial charge in [0.25, 0.3) is 10.0 Å². The van der Waals surface area contributed by atoms with E-state index in [0.29, 0.717) is 5.69 Å². The van der Waals surface area contributed by atoms with E-state index in [1.807, 2.05) is 77.3 Å². The third-order valence-corrected chi connectivity index (χ3v) is 8.88. The Bertz CT molecular complexity index is 1430. The first-order valence-electron chi connectivity index (χ1n) is 13.1. The number of amides is 2. The van der Waals surface area contributed by atoms with E-state index in [2.05, 4.69) is 5.32 Å². The van der Waals surface area contributed by atoms with Gasteiger partial charge in [0.15, 0.2) is 0 Å². The van der Waals surface area contributed by atoms with E-state index in [1.54, 1.807) is 43.3 Å². The van der Waals surface area contributed by atoms with Crippen LogP contribution in [0.25, 0.3) is 0 Å². The number of benzene rings is 3. The van der Waals surface area contributed by atoms with Crippen LogP contribution in [0.5, 0.6) is 0 Å². The molecule has 214 valence electrons. The van der Waals surface area contributed by atoms with Crippen molar-refractivity contribution < 1.29 is 18.0 Å². The number of carbonyl (C=O) groups is 2.